The molecule has 1 saturated heterocycles. The molecule has 0 spiro atoms. The van der Waals surface area contributed by atoms with Crippen LogP contribution < -0.4 is 0 Å². The van der Waals surface area contributed by atoms with E-state index in [-0.39, 0.29) is 0 Å². The number of rotatable bonds is 7. The monoisotopic (exact) mass is 366 g/mol. The molecular weight excluding hydrogens is 332 g/mol. The molecule has 0 bridgehead atoms. The van der Waals surface area contributed by atoms with E-state index in [1.807, 2.05) is 32.3 Å². The minimum absolute atomic E-state index is 0.316. The van der Waals surface area contributed by atoms with Crippen molar-refractivity contribution >= 4 is 11.9 Å². The first kappa shape index (κ1) is 24.1. The fourth-order valence-corrected chi connectivity index (χ4v) is 2.56. The van der Waals surface area contributed by atoms with Crippen molar-refractivity contribution in [3.8, 4) is 0 Å². The highest BCUT2D eigenvalue weighted by molar-refractivity contribution is 5.66. The van der Waals surface area contributed by atoms with Gasteiger partial charge < -0.3 is 10.2 Å². The predicted octanol–water partition coefficient (Wildman–Crippen LogP) is 4.37. The van der Waals surface area contributed by atoms with E-state index in [9.17, 15) is 9.59 Å². The SMILES string of the molecule is CCCCC(=O)O.CCCCC(=O)O.CN1CCCC1c1cccnc1. The van der Waals surface area contributed by atoms with Gasteiger partial charge in [0, 0.05) is 31.3 Å². The van der Waals surface area contributed by atoms with Gasteiger partial charge in [-0.05, 0) is 50.9 Å². The molecule has 1 aliphatic rings. The second-order valence-electron chi connectivity index (χ2n) is 6.42. The van der Waals surface area contributed by atoms with Crippen LogP contribution in [0, 0.1) is 0 Å². The van der Waals surface area contributed by atoms with Crippen molar-refractivity contribution in [3.63, 3.8) is 0 Å². The van der Waals surface area contributed by atoms with Crippen molar-refractivity contribution in [1.29, 1.82) is 0 Å². The molecular formula is C20H34N2O4. The molecule has 1 unspecified atom stereocenters. The maximum Gasteiger partial charge on any atom is 0.303 e. The Balaban J connectivity index is 0.000000390. The van der Waals surface area contributed by atoms with Crippen LogP contribution in [0.2, 0.25) is 0 Å². The van der Waals surface area contributed by atoms with Gasteiger partial charge >= 0.3 is 11.9 Å². The summed E-state index contributed by atoms with van der Waals surface area (Å²) in [4.78, 5) is 26.1. The molecule has 0 aromatic carbocycles. The van der Waals surface area contributed by atoms with Gasteiger partial charge in [0.2, 0.25) is 0 Å². The Morgan fingerprint density at radius 1 is 1.15 bits per heavy atom. The molecule has 2 heterocycles. The van der Waals surface area contributed by atoms with Gasteiger partial charge in [0.25, 0.3) is 0 Å². The van der Waals surface area contributed by atoms with Crippen LogP contribution in [0.1, 0.15) is 76.8 Å². The Hall–Kier alpha value is -1.95. The third-order valence-corrected chi connectivity index (χ3v) is 4.08. The molecule has 2 N–H and O–H groups in total. The molecule has 6 heteroatoms. The van der Waals surface area contributed by atoms with Crippen LogP contribution in [0.3, 0.4) is 0 Å². The summed E-state index contributed by atoms with van der Waals surface area (Å²) in [6, 6.07) is 4.79. The van der Waals surface area contributed by atoms with Crippen molar-refractivity contribution < 1.29 is 19.8 Å². The summed E-state index contributed by atoms with van der Waals surface area (Å²) >= 11 is 0. The number of aromatic nitrogens is 1. The minimum atomic E-state index is -0.693. The minimum Gasteiger partial charge on any atom is -0.481 e. The zero-order valence-electron chi connectivity index (χ0n) is 16.4. The van der Waals surface area contributed by atoms with Crippen LogP contribution in [0.4, 0.5) is 0 Å². The van der Waals surface area contributed by atoms with E-state index in [4.69, 9.17) is 10.2 Å². The average Bonchev–Trinajstić information content (AvgIpc) is 3.06. The van der Waals surface area contributed by atoms with Gasteiger partial charge in [-0.25, -0.2) is 0 Å². The third-order valence-electron chi connectivity index (χ3n) is 4.08. The number of carboxylic acids is 2. The lowest BCUT2D eigenvalue weighted by Gasteiger charge is -2.18. The Kier molecular flexibility index (Phi) is 14.2. The van der Waals surface area contributed by atoms with Gasteiger partial charge in [-0.2, -0.15) is 0 Å². The first-order valence-electron chi connectivity index (χ1n) is 9.46. The smallest absolute Gasteiger partial charge is 0.303 e. The quantitative estimate of drug-likeness (QED) is 0.744. The number of carboxylic acid groups (broad SMARTS) is 2. The maximum absolute atomic E-state index is 9.76. The van der Waals surface area contributed by atoms with E-state index in [0.29, 0.717) is 18.9 Å². The molecule has 0 saturated carbocycles. The van der Waals surface area contributed by atoms with Gasteiger partial charge in [-0.1, -0.05) is 32.8 Å². The van der Waals surface area contributed by atoms with Gasteiger partial charge in [-0.15, -0.1) is 0 Å². The number of pyridine rings is 1. The molecule has 2 rings (SSSR count). The topological polar surface area (TPSA) is 90.7 Å². The van der Waals surface area contributed by atoms with Gasteiger partial charge in [0.05, 0.1) is 0 Å². The van der Waals surface area contributed by atoms with Gasteiger partial charge in [-0.3, -0.25) is 19.5 Å². The van der Waals surface area contributed by atoms with Crippen LogP contribution in [0.15, 0.2) is 24.5 Å². The first-order valence-corrected chi connectivity index (χ1v) is 9.46. The van der Waals surface area contributed by atoms with E-state index < -0.39 is 11.9 Å². The second-order valence-corrected chi connectivity index (χ2v) is 6.42. The van der Waals surface area contributed by atoms with Crippen molar-refractivity contribution in [1.82, 2.24) is 9.88 Å². The Bertz CT molecular complexity index is 476. The highest BCUT2D eigenvalue weighted by Crippen LogP contribution is 2.29. The maximum atomic E-state index is 9.76. The zero-order chi connectivity index (χ0) is 19.8. The first-order chi connectivity index (χ1) is 12.4. The van der Waals surface area contributed by atoms with E-state index >= 15 is 0 Å². The lowest BCUT2D eigenvalue weighted by molar-refractivity contribution is -0.138. The fraction of sp³-hybridized carbons (Fsp3) is 0.650. The standard InChI is InChI=1S/C10H14N2.2C5H10O2/c1-12-7-3-5-10(12)9-4-2-6-11-8-9;2*1-2-3-4-5(6)7/h2,4,6,8,10H,3,5,7H2,1H3;2*2-4H2,1H3,(H,6,7). The number of hydrogen-bond donors (Lipinski definition) is 2. The van der Waals surface area contributed by atoms with E-state index in [2.05, 4.69) is 23.0 Å². The highest BCUT2D eigenvalue weighted by Gasteiger charge is 2.21. The van der Waals surface area contributed by atoms with Crippen molar-refractivity contribution in [2.45, 2.75) is 71.3 Å². The molecule has 1 atom stereocenters. The average molecular weight is 367 g/mol. The zero-order valence-corrected chi connectivity index (χ0v) is 16.4. The summed E-state index contributed by atoms with van der Waals surface area (Å²) < 4.78 is 0. The number of hydrogen-bond acceptors (Lipinski definition) is 4. The lowest BCUT2D eigenvalue weighted by atomic mass is 10.1. The summed E-state index contributed by atoms with van der Waals surface area (Å²) in [7, 11) is 2.19. The summed E-state index contributed by atoms with van der Waals surface area (Å²) in [5.41, 5.74) is 1.36. The predicted molar refractivity (Wildman–Crippen MR) is 103 cm³/mol. The molecule has 0 amide bonds. The van der Waals surface area contributed by atoms with Crippen molar-refractivity contribution in [3.05, 3.63) is 30.1 Å². The molecule has 1 fully saturated rings. The summed E-state index contributed by atoms with van der Waals surface area (Å²) in [6.07, 6.45) is 10.6. The van der Waals surface area contributed by atoms with E-state index in [1.165, 1.54) is 24.9 Å². The normalized spacial score (nSPS) is 16.0. The molecule has 1 aliphatic heterocycles. The highest BCUT2D eigenvalue weighted by atomic mass is 16.4. The number of nitrogens with zero attached hydrogens (tertiary/aromatic N) is 2. The Morgan fingerprint density at radius 3 is 2.04 bits per heavy atom. The van der Waals surface area contributed by atoms with Crippen LogP contribution in [0.25, 0.3) is 0 Å². The molecule has 26 heavy (non-hydrogen) atoms. The summed E-state index contributed by atoms with van der Waals surface area (Å²) in [5, 5.41) is 16.1. The molecule has 0 radical (unpaired) electrons. The molecule has 148 valence electrons. The number of carbonyl (C=O) groups is 2. The number of unbranched alkanes of at least 4 members (excludes halogenated alkanes) is 2. The molecule has 0 aliphatic carbocycles. The lowest BCUT2D eigenvalue weighted by Crippen LogP contribution is -2.17. The van der Waals surface area contributed by atoms with Crippen LogP contribution in [-0.2, 0) is 9.59 Å². The summed E-state index contributed by atoms with van der Waals surface area (Å²) in [6.45, 7) is 5.17. The van der Waals surface area contributed by atoms with Crippen LogP contribution >= 0.6 is 0 Å². The molecule has 1 aromatic heterocycles. The van der Waals surface area contributed by atoms with Crippen LogP contribution in [0.5, 0.6) is 0 Å². The number of likely N-dealkylation sites (tertiary alicyclic amines) is 1. The Labute approximate surface area is 157 Å². The van der Waals surface area contributed by atoms with Gasteiger partial charge in [0.15, 0.2) is 0 Å². The second kappa shape index (κ2) is 15.3. The summed E-state index contributed by atoms with van der Waals surface area (Å²) in [5.74, 6) is -1.39. The van der Waals surface area contributed by atoms with Crippen LogP contribution in [-0.4, -0.2) is 45.6 Å². The largest absolute Gasteiger partial charge is 0.481 e. The molecule has 1 aromatic rings. The van der Waals surface area contributed by atoms with E-state index in [1.54, 1.807) is 0 Å². The molecule has 6 nitrogen and oxygen atoms in total. The van der Waals surface area contributed by atoms with Crippen molar-refractivity contribution in [2.24, 2.45) is 0 Å². The third kappa shape index (κ3) is 12.4. The van der Waals surface area contributed by atoms with Gasteiger partial charge in [0.1, 0.15) is 0 Å². The van der Waals surface area contributed by atoms with E-state index in [0.717, 1.165) is 25.7 Å². The Morgan fingerprint density at radius 2 is 1.73 bits per heavy atom. The number of aliphatic carboxylic acids is 2. The fourth-order valence-electron chi connectivity index (χ4n) is 2.56. The van der Waals surface area contributed by atoms with Crippen molar-refractivity contribution in [2.75, 3.05) is 13.6 Å².